The van der Waals surface area contributed by atoms with Gasteiger partial charge in [0, 0.05) is 22.9 Å². The molecule has 0 aliphatic carbocycles. The molecule has 1 aromatic heterocycles. The number of aliphatic hydroxyl groups excluding tert-OH is 1. The summed E-state index contributed by atoms with van der Waals surface area (Å²) in [6.07, 6.45) is 0.929. The number of hydrogen-bond donors (Lipinski definition) is 2. The van der Waals surface area contributed by atoms with E-state index in [4.69, 9.17) is 10.5 Å². The Morgan fingerprint density at radius 2 is 2.14 bits per heavy atom. The van der Waals surface area contributed by atoms with E-state index < -0.39 is 24.6 Å². The van der Waals surface area contributed by atoms with Gasteiger partial charge in [-0.25, -0.2) is 13.6 Å². The highest BCUT2D eigenvalue weighted by Crippen LogP contribution is 2.38. The standard InChI is InChI=1S/C13H12F2IN3O3/c14-3-8-9(4-15)12(22-10(8)6-20)19-5-7(1-2-16)11(17)18-13(19)21/h1-5,10,12,20H,6H2,(H2,17,18,21)/b2-1+,8-3+,9-4+. The normalized spacial score (nSPS) is 25.6. The molecule has 1 saturated heterocycles. The fraction of sp³-hybridized carbons (Fsp3) is 0.231. The Bertz CT molecular complexity index is 715. The second-order valence-corrected chi connectivity index (χ2v) is 5.07. The number of ether oxygens (including phenoxy) is 1. The largest absolute Gasteiger partial charge is 0.393 e. The van der Waals surface area contributed by atoms with Crippen LogP contribution in [0.25, 0.3) is 6.08 Å². The minimum Gasteiger partial charge on any atom is -0.393 e. The zero-order valence-electron chi connectivity index (χ0n) is 11.1. The van der Waals surface area contributed by atoms with Crippen molar-refractivity contribution in [2.75, 3.05) is 12.3 Å². The molecule has 2 unspecified atom stereocenters. The van der Waals surface area contributed by atoms with E-state index >= 15 is 0 Å². The van der Waals surface area contributed by atoms with Crippen molar-refractivity contribution in [3.8, 4) is 0 Å². The number of anilines is 1. The summed E-state index contributed by atoms with van der Waals surface area (Å²) >= 11 is 1.96. The first-order chi connectivity index (χ1) is 10.6. The molecule has 1 aliphatic heterocycles. The number of nitrogen functional groups attached to an aromatic ring is 1. The van der Waals surface area contributed by atoms with Crippen molar-refractivity contribution in [1.82, 2.24) is 9.55 Å². The van der Waals surface area contributed by atoms with Gasteiger partial charge in [0.05, 0.1) is 19.3 Å². The monoisotopic (exact) mass is 423 g/mol. The van der Waals surface area contributed by atoms with Gasteiger partial charge in [0.25, 0.3) is 0 Å². The third-order valence-corrected chi connectivity index (χ3v) is 3.51. The van der Waals surface area contributed by atoms with Crippen LogP contribution in [0.15, 0.2) is 38.9 Å². The molecule has 0 aromatic carbocycles. The van der Waals surface area contributed by atoms with Crippen LogP contribution in [0.5, 0.6) is 0 Å². The molecule has 9 heteroatoms. The van der Waals surface area contributed by atoms with Crippen LogP contribution >= 0.6 is 22.6 Å². The molecule has 2 atom stereocenters. The molecule has 6 nitrogen and oxygen atoms in total. The molecular formula is C13H12F2IN3O3. The van der Waals surface area contributed by atoms with Crippen molar-refractivity contribution in [2.24, 2.45) is 0 Å². The zero-order chi connectivity index (χ0) is 16.3. The van der Waals surface area contributed by atoms with Gasteiger partial charge in [0.15, 0.2) is 6.23 Å². The highest BCUT2D eigenvalue weighted by molar-refractivity contribution is 14.1. The van der Waals surface area contributed by atoms with Crippen LogP contribution in [0.1, 0.15) is 11.8 Å². The van der Waals surface area contributed by atoms with Gasteiger partial charge in [-0.1, -0.05) is 22.6 Å². The van der Waals surface area contributed by atoms with Crippen LogP contribution in [-0.4, -0.2) is 27.4 Å². The average Bonchev–Trinajstić information content (AvgIpc) is 2.87. The number of rotatable bonds is 3. The molecule has 2 rings (SSSR count). The fourth-order valence-electron chi connectivity index (χ4n) is 2.10. The van der Waals surface area contributed by atoms with Crippen LogP contribution in [0, 0.1) is 0 Å². The molecule has 3 N–H and O–H groups in total. The van der Waals surface area contributed by atoms with Crippen molar-refractivity contribution in [3.05, 3.63) is 50.1 Å². The number of halogens is 3. The first-order valence-electron chi connectivity index (χ1n) is 6.10. The number of aliphatic hydroxyl groups is 1. The van der Waals surface area contributed by atoms with E-state index in [0.717, 1.165) is 4.57 Å². The lowest BCUT2D eigenvalue weighted by Gasteiger charge is -2.15. The summed E-state index contributed by atoms with van der Waals surface area (Å²) in [5, 5.41) is 9.18. The molecule has 0 radical (unpaired) electrons. The molecule has 0 amide bonds. The Morgan fingerprint density at radius 1 is 1.45 bits per heavy atom. The van der Waals surface area contributed by atoms with Gasteiger partial charge in [0.2, 0.25) is 0 Å². The third-order valence-electron chi connectivity index (χ3n) is 3.15. The van der Waals surface area contributed by atoms with Gasteiger partial charge in [0.1, 0.15) is 11.9 Å². The molecule has 0 saturated carbocycles. The van der Waals surface area contributed by atoms with Gasteiger partial charge in [-0.15, -0.1) is 0 Å². The second kappa shape index (κ2) is 7.11. The lowest BCUT2D eigenvalue weighted by atomic mass is 10.1. The highest BCUT2D eigenvalue weighted by Gasteiger charge is 2.37. The zero-order valence-corrected chi connectivity index (χ0v) is 13.3. The van der Waals surface area contributed by atoms with E-state index in [0.29, 0.717) is 5.56 Å². The predicted molar refractivity (Wildman–Crippen MR) is 85.3 cm³/mol. The Kier molecular flexibility index (Phi) is 5.42. The molecule has 1 fully saturated rings. The Morgan fingerprint density at radius 3 is 2.68 bits per heavy atom. The first-order valence-corrected chi connectivity index (χ1v) is 7.34. The Balaban J connectivity index is 2.56. The first kappa shape index (κ1) is 16.8. The maximum absolute atomic E-state index is 13.1. The lowest BCUT2D eigenvalue weighted by molar-refractivity contribution is -0.00860. The molecule has 118 valence electrons. The molecule has 1 aromatic rings. The quantitative estimate of drug-likeness (QED) is 0.725. The van der Waals surface area contributed by atoms with Crippen LogP contribution in [0.4, 0.5) is 14.6 Å². The van der Waals surface area contributed by atoms with Crippen LogP contribution < -0.4 is 11.4 Å². The highest BCUT2D eigenvalue weighted by atomic mass is 127. The molecule has 22 heavy (non-hydrogen) atoms. The SMILES string of the molecule is Nc1nc(=O)n(C2OC(CO)C(=C/F)/C2=C\F)cc1/C=C/I. The average molecular weight is 423 g/mol. The van der Waals surface area contributed by atoms with E-state index in [-0.39, 0.29) is 29.6 Å². The fourth-order valence-corrected chi connectivity index (χ4v) is 2.49. The number of nitrogens with two attached hydrogens (primary N) is 1. The molecule has 1 aliphatic rings. The van der Waals surface area contributed by atoms with Gasteiger partial charge < -0.3 is 15.6 Å². The van der Waals surface area contributed by atoms with Crippen molar-refractivity contribution in [3.63, 3.8) is 0 Å². The summed E-state index contributed by atoms with van der Waals surface area (Å²) in [5.74, 6) is 0.0120. The van der Waals surface area contributed by atoms with Crippen molar-refractivity contribution in [1.29, 1.82) is 0 Å². The van der Waals surface area contributed by atoms with Gasteiger partial charge in [-0.05, 0) is 10.2 Å². The Labute approximate surface area is 137 Å². The van der Waals surface area contributed by atoms with Crippen LogP contribution in [0.3, 0.4) is 0 Å². The smallest absolute Gasteiger partial charge is 0.351 e. The molecule has 0 spiro atoms. The third kappa shape index (κ3) is 2.96. The van der Waals surface area contributed by atoms with Gasteiger partial charge in [-0.2, -0.15) is 4.98 Å². The maximum atomic E-state index is 13.1. The van der Waals surface area contributed by atoms with Gasteiger partial charge in [-0.3, -0.25) is 4.57 Å². The maximum Gasteiger partial charge on any atom is 0.351 e. The van der Waals surface area contributed by atoms with Crippen molar-refractivity contribution < 1.29 is 18.6 Å². The van der Waals surface area contributed by atoms with Crippen LogP contribution in [-0.2, 0) is 4.74 Å². The molecule has 2 heterocycles. The number of hydrogen-bond acceptors (Lipinski definition) is 5. The summed E-state index contributed by atoms with van der Waals surface area (Å²) in [6.45, 7) is -0.554. The number of aromatic nitrogens is 2. The molecular weight excluding hydrogens is 411 g/mol. The second-order valence-electron chi connectivity index (χ2n) is 4.35. The summed E-state index contributed by atoms with van der Waals surface area (Å²) in [5.41, 5.74) is 4.92. The van der Waals surface area contributed by atoms with E-state index in [2.05, 4.69) is 4.98 Å². The van der Waals surface area contributed by atoms with E-state index in [1.807, 2.05) is 22.6 Å². The summed E-state index contributed by atoms with van der Waals surface area (Å²) in [7, 11) is 0. The van der Waals surface area contributed by atoms with E-state index in [1.54, 1.807) is 10.2 Å². The van der Waals surface area contributed by atoms with Crippen molar-refractivity contribution in [2.45, 2.75) is 12.3 Å². The molecule has 0 bridgehead atoms. The summed E-state index contributed by atoms with van der Waals surface area (Å²) in [4.78, 5) is 15.6. The van der Waals surface area contributed by atoms with E-state index in [9.17, 15) is 18.7 Å². The minimum absolute atomic E-state index is 0.0120. The summed E-state index contributed by atoms with van der Waals surface area (Å²) in [6, 6.07) is 0. The minimum atomic E-state index is -1.23. The topological polar surface area (TPSA) is 90.4 Å². The predicted octanol–water partition coefficient (Wildman–Crippen LogP) is 1.83. The number of nitrogens with zero attached hydrogens (tertiary/aromatic N) is 2. The van der Waals surface area contributed by atoms with Gasteiger partial charge >= 0.3 is 5.69 Å². The van der Waals surface area contributed by atoms with Crippen molar-refractivity contribution >= 4 is 34.5 Å². The summed E-state index contributed by atoms with van der Waals surface area (Å²) < 4.78 is 34.1. The lowest BCUT2D eigenvalue weighted by Crippen LogP contribution is -2.29. The van der Waals surface area contributed by atoms with E-state index in [1.165, 1.54) is 6.20 Å². The Hall–Kier alpha value is -1.59. The van der Waals surface area contributed by atoms with Crippen LogP contribution in [0.2, 0.25) is 0 Å².